The predicted octanol–water partition coefficient (Wildman–Crippen LogP) is 1.49. The van der Waals surface area contributed by atoms with Crippen LogP contribution in [0.15, 0.2) is 41.9 Å². The molecule has 26 heavy (non-hydrogen) atoms. The van der Waals surface area contributed by atoms with Gasteiger partial charge in [-0.2, -0.15) is 0 Å². The number of ether oxygens (including phenoxy) is 1. The van der Waals surface area contributed by atoms with E-state index >= 15 is 0 Å². The van der Waals surface area contributed by atoms with Gasteiger partial charge in [0.05, 0.1) is 12.8 Å². The lowest BCUT2D eigenvalue weighted by Crippen LogP contribution is -2.66. The molecule has 7 nitrogen and oxygen atoms in total. The van der Waals surface area contributed by atoms with Crippen molar-refractivity contribution in [2.45, 2.75) is 5.54 Å². The number of hydrogen-bond donors (Lipinski definition) is 2. The number of carbonyl (C=O) groups is 1. The number of para-hydroxylation sites is 2. The highest BCUT2D eigenvalue weighted by Gasteiger charge is 2.49. The first-order chi connectivity index (χ1) is 12.7. The second-order valence-electron chi connectivity index (χ2n) is 6.10. The van der Waals surface area contributed by atoms with E-state index in [4.69, 9.17) is 10.5 Å². The number of hydrogen-bond acceptors (Lipinski definition) is 7. The molecule has 1 aliphatic heterocycles. The number of primary amides is 1. The average molecular weight is 369 g/mol. The Balaban J connectivity index is 1.92. The Kier molecular flexibility index (Phi) is 4.21. The summed E-state index contributed by atoms with van der Waals surface area (Å²) in [5.74, 6) is 0.585. The third-order valence-corrected chi connectivity index (χ3v) is 5.54. The number of thiophene rings is 1. The second kappa shape index (κ2) is 6.54. The van der Waals surface area contributed by atoms with Gasteiger partial charge in [-0.25, -0.2) is 9.97 Å². The van der Waals surface area contributed by atoms with Crippen LogP contribution in [0.25, 0.3) is 10.2 Å². The largest absolute Gasteiger partial charge is 0.495 e. The molecule has 1 amide bonds. The third-order valence-electron chi connectivity index (χ3n) is 4.71. The van der Waals surface area contributed by atoms with Gasteiger partial charge in [0.15, 0.2) is 11.4 Å². The number of nitrogens with two attached hydrogens (primary N) is 1. The summed E-state index contributed by atoms with van der Waals surface area (Å²) in [7, 11) is 1.61. The molecule has 0 spiro atoms. The zero-order valence-corrected chi connectivity index (χ0v) is 15.1. The highest BCUT2D eigenvalue weighted by molar-refractivity contribution is 7.16. The Labute approximate surface area is 154 Å². The highest BCUT2D eigenvalue weighted by Crippen LogP contribution is 2.38. The molecule has 3 heterocycles. The van der Waals surface area contributed by atoms with Crippen LogP contribution in [0.4, 0.5) is 5.69 Å². The molecule has 1 aliphatic rings. The zero-order chi connectivity index (χ0) is 18.1. The van der Waals surface area contributed by atoms with Crippen molar-refractivity contribution in [1.29, 1.82) is 0 Å². The highest BCUT2D eigenvalue weighted by atomic mass is 32.1. The van der Waals surface area contributed by atoms with E-state index in [9.17, 15) is 4.79 Å². The molecule has 1 unspecified atom stereocenters. The number of anilines is 1. The van der Waals surface area contributed by atoms with E-state index in [2.05, 4.69) is 15.3 Å². The number of nitrogens with zero attached hydrogens (tertiary/aromatic N) is 3. The molecular formula is C18H19N5O2S. The van der Waals surface area contributed by atoms with Crippen LogP contribution in [0.3, 0.4) is 0 Å². The molecule has 3 N–H and O–H groups in total. The summed E-state index contributed by atoms with van der Waals surface area (Å²) in [5.41, 5.74) is 5.54. The minimum Gasteiger partial charge on any atom is -0.495 e. The molecule has 1 aromatic carbocycles. The molecule has 0 radical (unpaired) electrons. The van der Waals surface area contributed by atoms with E-state index < -0.39 is 11.4 Å². The number of amides is 1. The maximum Gasteiger partial charge on any atom is 0.252 e. The Morgan fingerprint density at radius 3 is 3.04 bits per heavy atom. The lowest BCUT2D eigenvalue weighted by atomic mass is 9.91. The maximum absolute atomic E-state index is 12.8. The predicted molar refractivity (Wildman–Crippen MR) is 101 cm³/mol. The van der Waals surface area contributed by atoms with E-state index in [0.29, 0.717) is 31.2 Å². The quantitative estimate of drug-likeness (QED) is 0.724. The van der Waals surface area contributed by atoms with Gasteiger partial charge in [0.25, 0.3) is 5.91 Å². The van der Waals surface area contributed by atoms with Crippen molar-refractivity contribution >= 4 is 33.1 Å². The minimum atomic E-state index is -1.19. The van der Waals surface area contributed by atoms with E-state index in [1.807, 2.05) is 40.6 Å². The van der Waals surface area contributed by atoms with Crippen molar-refractivity contribution in [3.8, 4) is 5.75 Å². The molecule has 1 fully saturated rings. The number of nitrogens with one attached hydrogen (secondary N) is 1. The number of benzene rings is 1. The van der Waals surface area contributed by atoms with Gasteiger partial charge in [0.1, 0.15) is 10.6 Å². The number of fused-ring (bicyclic) bond motifs is 1. The molecule has 1 saturated heterocycles. The van der Waals surface area contributed by atoms with Crippen LogP contribution in [0.5, 0.6) is 5.75 Å². The first kappa shape index (κ1) is 16.7. The summed E-state index contributed by atoms with van der Waals surface area (Å²) in [5, 5.41) is 6.18. The van der Waals surface area contributed by atoms with Crippen molar-refractivity contribution in [1.82, 2.24) is 15.3 Å². The summed E-state index contributed by atoms with van der Waals surface area (Å²) in [6.07, 6.45) is 1.74. The smallest absolute Gasteiger partial charge is 0.252 e. The lowest BCUT2D eigenvalue weighted by Gasteiger charge is -2.45. The summed E-state index contributed by atoms with van der Waals surface area (Å²) < 4.78 is 5.51. The minimum absolute atomic E-state index is 0.331. The molecule has 3 aromatic rings. The van der Waals surface area contributed by atoms with Crippen LogP contribution < -0.4 is 20.7 Å². The van der Waals surface area contributed by atoms with Gasteiger partial charge in [-0.1, -0.05) is 12.1 Å². The van der Waals surface area contributed by atoms with Crippen molar-refractivity contribution in [3.63, 3.8) is 0 Å². The molecule has 2 aromatic heterocycles. The van der Waals surface area contributed by atoms with Crippen LogP contribution in [0.1, 0.15) is 5.82 Å². The normalized spacial score (nSPS) is 20.3. The van der Waals surface area contributed by atoms with Crippen molar-refractivity contribution in [2.24, 2.45) is 5.73 Å². The van der Waals surface area contributed by atoms with Crippen molar-refractivity contribution in [2.75, 3.05) is 31.6 Å². The molecule has 4 rings (SSSR count). The number of aromatic nitrogens is 2. The summed E-state index contributed by atoms with van der Waals surface area (Å²) in [6, 6.07) is 9.55. The zero-order valence-electron chi connectivity index (χ0n) is 14.3. The number of methoxy groups -OCH3 is 1. The van der Waals surface area contributed by atoms with Gasteiger partial charge >= 0.3 is 0 Å². The summed E-state index contributed by atoms with van der Waals surface area (Å²) in [4.78, 5) is 24.7. The molecule has 0 saturated carbocycles. The Morgan fingerprint density at radius 1 is 1.38 bits per heavy atom. The van der Waals surface area contributed by atoms with Crippen LogP contribution >= 0.6 is 11.3 Å². The van der Waals surface area contributed by atoms with Gasteiger partial charge in [0, 0.05) is 31.2 Å². The van der Waals surface area contributed by atoms with Crippen LogP contribution in [-0.2, 0) is 10.3 Å². The first-order valence-corrected chi connectivity index (χ1v) is 9.17. The fourth-order valence-corrected chi connectivity index (χ4v) is 4.15. The van der Waals surface area contributed by atoms with E-state index in [1.165, 1.54) is 11.3 Å². The second-order valence-corrected chi connectivity index (χ2v) is 6.99. The molecule has 0 bridgehead atoms. The van der Waals surface area contributed by atoms with E-state index in [0.717, 1.165) is 15.9 Å². The summed E-state index contributed by atoms with van der Waals surface area (Å²) in [6.45, 7) is 1.63. The van der Waals surface area contributed by atoms with Crippen molar-refractivity contribution < 1.29 is 9.53 Å². The average Bonchev–Trinajstić information content (AvgIpc) is 3.15. The monoisotopic (exact) mass is 369 g/mol. The Morgan fingerprint density at radius 2 is 2.23 bits per heavy atom. The molecular weight excluding hydrogens is 350 g/mol. The van der Waals surface area contributed by atoms with Gasteiger partial charge in [-0.05, 0) is 23.6 Å². The van der Waals surface area contributed by atoms with Crippen LogP contribution in [0, 0.1) is 0 Å². The maximum atomic E-state index is 12.8. The molecule has 8 heteroatoms. The molecule has 1 atom stereocenters. The van der Waals surface area contributed by atoms with Gasteiger partial charge in [-0.3, -0.25) is 4.79 Å². The van der Waals surface area contributed by atoms with Crippen LogP contribution in [-0.4, -0.2) is 42.6 Å². The number of piperazine rings is 1. The number of rotatable bonds is 4. The standard InChI is InChI=1S/C18H19N5O2S/c1-25-14-5-3-2-4-13(14)23-8-7-20-11-18(23,16(19)24)17-21-10-12-6-9-26-15(12)22-17/h2-6,9-10,20H,7-8,11H2,1H3,(H2,19,24). The van der Waals surface area contributed by atoms with Crippen molar-refractivity contribution in [3.05, 3.63) is 47.7 Å². The van der Waals surface area contributed by atoms with Crippen LogP contribution in [0.2, 0.25) is 0 Å². The van der Waals surface area contributed by atoms with Gasteiger partial charge < -0.3 is 20.7 Å². The lowest BCUT2D eigenvalue weighted by molar-refractivity contribution is -0.124. The van der Waals surface area contributed by atoms with E-state index in [1.54, 1.807) is 13.3 Å². The third kappa shape index (κ3) is 2.49. The first-order valence-electron chi connectivity index (χ1n) is 8.29. The van der Waals surface area contributed by atoms with E-state index in [-0.39, 0.29) is 0 Å². The fourth-order valence-electron chi connectivity index (χ4n) is 3.41. The summed E-state index contributed by atoms with van der Waals surface area (Å²) >= 11 is 1.51. The SMILES string of the molecule is COc1ccccc1N1CCNCC1(C(N)=O)c1ncc2ccsc2n1. The molecule has 134 valence electrons. The van der Waals surface area contributed by atoms with Gasteiger partial charge in [-0.15, -0.1) is 11.3 Å². The fraction of sp³-hybridized carbons (Fsp3) is 0.278. The topological polar surface area (TPSA) is 93.4 Å². The Hall–Kier alpha value is -2.71. The van der Waals surface area contributed by atoms with Gasteiger partial charge in [0.2, 0.25) is 0 Å². The Bertz CT molecular complexity index is 959. The number of carbonyl (C=O) groups excluding carboxylic acids is 1. The molecule has 0 aliphatic carbocycles.